The molecule has 0 atom stereocenters. The van der Waals surface area contributed by atoms with Crippen LogP contribution in [0, 0.1) is 13.8 Å². The van der Waals surface area contributed by atoms with Crippen LogP contribution in [0.1, 0.15) is 32.1 Å². The van der Waals surface area contributed by atoms with Crippen LogP contribution in [-0.4, -0.2) is 5.78 Å². The van der Waals surface area contributed by atoms with Crippen LogP contribution in [0.15, 0.2) is 36.4 Å². The van der Waals surface area contributed by atoms with E-state index in [1.807, 2.05) is 25.1 Å². The molecular weight excluding hydrogens is 228 g/mol. The number of Topliss-reactive ketones (excluding diaryl/α,β-unsaturated/α-hetero) is 1. The molecule has 1 heterocycles. The largest absolute Gasteiger partial charge is 0.293 e. The standard InChI is InChI=1S/C15H16OS/c1-11-4-3-5-13(10-11)7-8-14(16)15-9-6-12(2)17-15/h3-6,9-10H,7-8H2,1-2H3. The summed E-state index contributed by atoms with van der Waals surface area (Å²) in [7, 11) is 0. The number of carbonyl (C=O) groups is 1. The van der Waals surface area contributed by atoms with Crippen LogP contribution >= 0.6 is 11.3 Å². The molecule has 0 amide bonds. The summed E-state index contributed by atoms with van der Waals surface area (Å²) in [6, 6.07) is 12.3. The zero-order chi connectivity index (χ0) is 12.3. The fourth-order valence-corrected chi connectivity index (χ4v) is 2.67. The average molecular weight is 244 g/mol. The lowest BCUT2D eigenvalue weighted by molar-refractivity contribution is 0.0986. The Morgan fingerprint density at radius 3 is 2.65 bits per heavy atom. The van der Waals surface area contributed by atoms with Gasteiger partial charge in [-0.3, -0.25) is 4.79 Å². The first-order chi connectivity index (χ1) is 8.15. The van der Waals surface area contributed by atoms with Gasteiger partial charge in [0.15, 0.2) is 5.78 Å². The molecular formula is C15H16OS. The fourth-order valence-electron chi connectivity index (χ4n) is 1.83. The molecule has 1 nitrogen and oxygen atoms in total. The molecule has 0 aliphatic rings. The first-order valence-electron chi connectivity index (χ1n) is 5.80. The van der Waals surface area contributed by atoms with Crippen LogP contribution in [0.5, 0.6) is 0 Å². The van der Waals surface area contributed by atoms with Crippen molar-refractivity contribution >= 4 is 17.1 Å². The lowest BCUT2D eigenvalue weighted by Crippen LogP contribution is -1.98. The van der Waals surface area contributed by atoms with E-state index in [9.17, 15) is 4.79 Å². The summed E-state index contributed by atoms with van der Waals surface area (Å²) in [5, 5.41) is 0. The van der Waals surface area contributed by atoms with E-state index >= 15 is 0 Å². The van der Waals surface area contributed by atoms with Gasteiger partial charge >= 0.3 is 0 Å². The van der Waals surface area contributed by atoms with Crippen molar-refractivity contribution in [3.63, 3.8) is 0 Å². The number of hydrogen-bond acceptors (Lipinski definition) is 2. The van der Waals surface area contributed by atoms with Gasteiger partial charge in [-0.2, -0.15) is 0 Å². The number of thiophene rings is 1. The number of rotatable bonds is 4. The molecule has 2 aromatic rings. The zero-order valence-corrected chi connectivity index (χ0v) is 11.0. The minimum Gasteiger partial charge on any atom is -0.293 e. The molecule has 0 bridgehead atoms. The second-order valence-corrected chi connectivity index (χ2v) is 5.61. The maximum atomic E-state index is 11.9. The molecule has 0 aliphatic carbocycles. The summed E-state index contributed by atoms with van der Waals surface area (Å²) in [4.78, 5) is 14.0. The van der Waals surface area contributed by atoms with E-state index < -0.39 is 0 Å². The predicted molar refractivity (Wildman–Crippen MR) is 72.9 cm³/mol. The van der Waals surface area contributed by atoms with Crippen LogP contribution in [0.3, 0.4) is 0 Å². The summed E-state index contributed by atoms with van der Waals surface area (Å²) in [5.74, 6) is 0.254. The smallest absolute Gasteiger partial charge is 0.173 e. The van der Waals surface area contributed by atoms with E-state index in [0.29, 0.717) is 6.42 Å². The molecule has 0 saturated carbocycles. The van der Waals surface area contributed by atoms with E-state index in [0.717, 1.165) is 11.3 Å². The second-order valence-electron chi connectivity index (χ2n) is 4.32. The van der Waals surface area contributed by atoms with Crippen molar-refractivity contribution in [1.82, 2.24) is 0 Å². The Labute approximate surface area is 106 Å². The number of ketones is 1. The number of aryl methyl sites for hydroxylation is 3. The summed E-state index contributed by atoms with van der Waals surface area (Å²) in [5.41, 5.74) is 2.49. The van der Waals surface area contributed by atoms with Crippen molar-refractivity contribution in [3.05, 3.63) is 57.3 Å². The highest BCUT2D eigenvalue weighted by Gasteiger charge is 2.08. The van der Waals surface area contributed by atoms with Crippen molar-refractivity contribution < 1.29 is 4.79 Å². The van der Waals surface area contributed by atoms with Gasteiger partial charge in [-0.15, -0.1) is 11.3 Å². The topological polar surface area (TPSA) is 17.1 Å². The van der Waals surface area contributed by atoms with E-state index in [4.69, 9.17) is 0 Å². The van der Waals surface area contributed by atoms with E-state index in [1.165, 1.54) is 16.0 Å². The van der Waals surface area contributed by atoms with Gasteiger partial charge in [0.1, 0.15) is 0 Å². The highest BCUT2D eigenvalue weighted by Crippen LogP contribution is 2.18. The van der Waals surface area contributed by atoms with Crippen LogP contribution in [-0.2, 0) is 6.42 Å². The monoisotopic (exact) mass is 244 g/mol. The molecule has 2 heteroatoms. The Hall–Kier alpha value is -1.41. The molecule has 0 radical (unpaired) electrons. The number of benzene rings is 1. The van der Waals surface area contributed by atoms with Gasteiger partial charge in [-0.25, -0.2) is 0 Å². The molecule has 0 spiro atoms. The highest BCUT2D eigenvalue weighted by atomic mass is 32.1. The normalized spacial score (nSPS) is 10.5. The van der Waals surface area contributed by atoms with Crippen molar-refractivity contribution in [2.24, 2.45) is 0 Å². The summed E-state index contributed by atoms with van der Waals surface area (Å²) in [6.07, 6.45) is 1.43. The Bertz CT molecular complexity index is 525. The predicted octanol–water partition coefficient (Wildman–Crippen LogP) is 4.18. The minimum atomic E-state index is 0.254. The summed E-state index contributed by atoms with van der Waals surface area (Å²) >= 11 is 1.58. The third-order valence-corrected chi connectivity index (χ3v) is 3.78. The molecule has 0 N–H and O–H groups in total. The Morgan fingerprint density at radius 2 is 2.00 bits per heavy atom. The van der Waals surface area contributed by atoms with Gasteiger partial charge in [0.25, 0.3) is 0 Å². The van der Waals surface area contributed by atoms with Gasteiger partial charge in [-0.1, -0.05) is 29.8 Å². The first-order valence-corrected chi connectivity index (χ1v) is 6.62. The molecule has 0 saturated heterocycles. The minimum absolute atomic E-state index is 0.254. The SMILES string of the molecule is Cc1cccc(CCC(=O)c2ccc(C)s2)c1. The third kappa shape index (κ3) is 3.27. The summed E-state index contributed by atoms with van der Waals surface area (Å²) < 4.78 is 0. The van der Waals surface area contributed by atoms with Gasteiger partial charge in [0.2, 0.25) is 0 Å². The van der Waals surface area contributed by atoms with Gasteiger partial charge < -0.3 is 0 Å². The maximum absolute atomic E-state index is 11.9. The number of hydrogen-bond donors (Lipinski definition) is 0. The van der Waals surface area contributed by atoms with Crippen LogP contribution in [0.4, 0.5) is 0 Å². The van der Waals surface area contributed by atoms with Crippen molar-refractivity contribution in [3.8, 4) is 0 Å². The van der Waals surface area contributed by atoms with Crippen molar-refractivity contribution in [2.45, 2.75) is 26.7 Å². The first kappa shape index (κ1) is 12.1. The molecule has 2 rings (SSSR count). The Morgan fingerprint density at radius 1 is 1.18 bits per heavy atom. The van der Waals surface area contributed by atoms with Crippen LogP contribution in [0.2, 0.25) is 0 Å². The average Bonchev–Trinajstić information content (AvgIpc) is 2.73. The summed E-state index contributed by atoms with van der Waals surface area (Å²) in [6.45, 7) is 4.11. The molecule has 1 aromatic heterocycles. The molecule has 88 valence electrons. The molecule has 1 aromatic carbocycles. The van der Waals surface area contributed by atoms with Crippen molar-refractivity contribution in [2.75, 3.05) is 0 Å². The van der Waals surface area contributed by atoms with E-state index in [-0.39, 0.29) is 5.78 Å². The molecule has 0 unspecified atom stereocenters. The van der Waals surface area contributed by atoms with E-state index in [2.05, 4.69) is 25.1 Å². The van der Waals surface area contributed by atoms with Gasteiger partial charge in [-0.05, 0) is 38.0 Å². The Kier molecular flexibility index (Phi) is 3.75. The molecule has 17 heavy (non-hydrogen) atoms. The second kappa shape index (κ2) is 5.28. The molecule has 0 aliphatic heterocycles. The Balaban J connectivity index is 1.97. The van der Waals surface area contributed by atoms with Gasteiger partial charge in [0, 0.05) is 11.3 Å². The lowest BCUT2D eigenvalue weighted by Gasteiger charge is -2.01. The quantitative estimate of drug-likeness (QED) is 0.737. The maximum Gasteiger partial charge on any atom is 0.173 e. The van der Waals surface area contributed by atoms with Gasteiger partial charge in [0.05, 0.1) is 4.88 Å². The van der Waals surface area contributed by atoms with E-state index in [1.54, 1.807) is 11.3 Å². The highest BCUT2D eigenvalue weighted by molar-refractivity contribution is 7.14. The third-order valence-electron chi connectivity index (χ3n) is 2.74. The molecule has 0 fully saturated rings. The lowest BCUT2D eigenvalue weighted by atomic mass is 10.0. The van der Waals surface area contributed by atoms with Crippen molar-refractivity contribution in [1.29, 1.82) is 0 Å². The zero-order valence-electron chi connectivity index (χ0n) is 10.2. The fraction of sp³-hybridized carbons (Fsp3) is 0.267. The van der Waals surface area contributed by atoms with Crippen LogP contribution in [0.25, 0.3) is 0 Å². The number of carbonyl (C=O) groups excluding carboxylic acids is 1. The van der Waals surface area contributed by atoms with Crippen LogP contribution < -0.4 is 0 Å².